The Morgan fingerprint density at radius 1 is 1.19 bits per heavy atom. The highest BCUT2D eigenvalue weighted by Crippen LogP contribution is 2.54. The van der Waals surface area contributed by atoms with Gasteiger partial charge in [0.25, 0.3) is 0 Å². The number of hydrogen-bond acceptors (Lipinski definition) is 4. The van der Waals surface area contributed by atoms with Gasteiger partial charge in [-0.05, 0) is 39.0 Å². The molecule has 1 aliphatic heterocycles. The maximum atomic E-state index is 6.04. The molecule has 0 amide bonds. The van der Waals surface area contributed by atoms with Gasteiger partial charge in [-0.1, -0.05) is 12.8 Å². The first-order valence-electron chi connectivity index (χ1n) is 10.5. The van der Waals surface area contributed by atoms with Crippen LogP contribution in [0.2, 0.25) is 0 Å². The molecule has 2 unspecified atom stereocenters. The fourth-order valence-corrected chi connectivity index (χ4v) is 5.14. The lowest BCUT2D eigenvalue weighted by Crippen LogP contribution is -2.65. The lowest BCUT2D eigenvalue weighted by molar-refractivity contribution is -0.125. The quantitative estimate of drug-likeness (QED) is 0.533. The molecule has 1 saturated heterocycles. The first-order chi connectivity index (χ1) is 12.7. The van der Waals surface area contributed by atoms with Crippen molar-refractivity contribution in [3.8, 4) is 0 Å². The van der Waals surface area contributed by atoms with Crippen LogP contribution in [0.3, 0.4) is 0 Å². The molecule has 0 aromatic carbocycles. The summed E-state index contributed by atoms with van der Waals surface area (Å²) in [7, 11) is 3.67. The average Bonchev–Trinajstić information content (AvgIpc) is 3.19. The highest BCUT2D eigenvalue weighted by molar-refractivity contribution is 5.80. The summed E-state index contributed by atoms with van der Waals surface area (Å²) >= 11 is 0. The molecule has 1 spiro atoms. The van der Waals surface area contributed by atoms with Crippen LogP contribution < -0.4 is 10.6 Å². The number of ether oxygens (including phenoxy) is 2. The normalized spacial score (nSPS) is 29.7. The van der Waals surface area contributed by atoms with Gasteiger partial charge in [0.05, 0.1) is 12.7 Å². The molecule has 3 fully saturated rings. The predicted octanol–water partition coefficient (Wildman–Crippen LogP) is 2.00. The number of guanidine groups is 1. The van der Waals surface area contributed by atoms with Gasteiger partial charge >= 0.3 is 0 Å². The summed E-state index contributed by atoms with van der Waals surface area (Å²) < 4.78 is 11.2. The van der Waals surface area contributed by atoms with Crippen molar-refractivity contribution in [1.82, 2.24) is 15.5 Å². The zero-order valence-corrected chi connectivity index (χ0v) is 16.9. The van der Waals surface area contributed by atoms with Crippen molar-refractivity contribution < 1.29 is 9.47 Å². The molecule has 1 heterocycles. The second kappa shape index (κ2) is 9.38. The maximum absolute atomic E-state index is 6.04. The Morgan fingerprint density at radius 2 is 1.92 bits per heavy atom. The summed E-state index contributed by atoms with van der Waals surface area (Å²) in [5, 5.41) is 7.42. The highest BCUT2D eigenvalue weighted by atomic mass is 16.5. The van der Waals surface area contributed by atoms with Gasteiger partial charge in [-0.3, -0.25) is 4.99 Å². The first-order valence-corrected chi connectivity index (χ1v) is 10.5. The second-order valence-corrected chi connectivity index (χ2v) is 8.14. The topological polar surface area (TPSA) is 58.1 Å². The molecular formula is C20H38N4O2. The third kappa shape index (κ3) is 4.34. The molecule has 3 aliphatic rings. The smallest absolute Gasteiger partial charge is 0.191 e. The molecule has 3 rings (SSSR count). The van der Waals surface area contributed by atoms with E-state index in [9.17, 15) is 0 Å². The van der Waals surface area contributed by atoms with E-state index < -0.39 is 0 Å². The van der Waals surface area contributed by atoms with Crippen LogP contribution in [0.5, 0.6) is 0 Å². The highest BCUT2D eigenvalue weighted by Gasteiger charge is 2.57. The van der Waals surface area contributed by atoms with Gasteiger partial charge in [-0.25, -0.2) is 0 Å². The zero-order chi connectivity index (χ0) is 18.4. The van der Waals surface area contributed by atoms with Crippen molar-refractivity contribution in [3.05, 3.63) is 0 Å². The Labute approximate surface area is 159 Å². The summed E-state index contributed by atoms with van der Waals surface area (Å²) in [6.45, 7) is 7.08. The minimum atomic E-state index is 0.344. The maximum Gasteiger partial charge on any atom is 0.191 e. The van der Waals surface area contributed by atoms with Gasteiger partial charge in [0.15, 0.2) is 5.96 Å². The van der Waals surface area contributed by atoms with E-state index in [1.165, 1.54) is 38.5 Å². The molecule has 2 saturated carbocycles. The van der Waals surface area contributed by atoms with Crippen LogP contribution in [0, 0.1) is 5.41 Å². The molecule has 0 radical (unpaired) electrons. The minimum absolute atomic E-state index is 0.344. The summed E-state index contributed by atoms with van der Waals surface area (Å²) in [4.78, 5) is 7.01. The number of hydrogen-bond donors (Lipinski definition) is 2. The Kier molecular flexibility index (Phi) is 7.18. The Morgan fingerprint density at radius 3 is 2.54 bits per heavy atom. The first kappa shape index (κ1) is 19.9. The van der Waals surface area contributed by atoms with E-state index in [4.69, 9.17) is 9.47 Å². The zero-order valence-electron chi connectivity index (χ0n) is 16.9. The Hall–Kier alpha value is -0.850. The molecule has 2 atom stereocenters. The van der Waals surface area contributed by atoms with E-state index in [1.807, 2.05) is 7.05 Å². The van der Waals surface area contributed by atoms with Gasteiger partial charge in [0.1, 0.15) is 0 Å². The summed E-state index contributed by atoms with van der Waals surface area (Å²) in [5.41, 5.74) is 0.344. The average molecular weight is 367 g/mol. The SMILES string of the molecule is CCOC1CC(NC(=NC)NC2CCN(CCOC)CC2)C12CCCC2. The second-order valence-electron chi connectivity index (χ2n) is 8.14. The molecule has 0 aromatic rings. The van der Waals surface area contributed by atoms with E-state index in [-0.39, 0.29) is 0 Å². The molecule has 2 aliphatic carbocycles. The molecule has 2 N–H and O–H groups in total. The number of piperidine rings is 1. The van der Waals surface area contributed by atoms with Crippen molar-refractivity contribution >= 4 is 5.96 Å². The number of rotatable bonds is 7. The van der Waals surface area contributed by atoms with E-state index in [0.29, 0.717) is 23.6 Å². The molecule has 150 valence electrons. The number of methoxy groups -OCH3 is 1. The predicted molar refractivity (Wildman–Crippen MR) is 106 cm³/mol. The molecule has 6 heteroatoms. The summed E-state index contributed by atoms with van der Waals surface area (Å²) in [6, 6.07) is 1.02. The molecule has 0 bridgehead atoms. The van der Waals surface area contributed by atoms with Crippen molar-refractivity contribution in [2.45, 2.75) is 70.1 Å². The van der Waals surface area contributed by atoms with Gasteiger partial charge in [-0.15, -0.1) is 0 Å². The number of likely N-dealkylation sites (tertiary alicyclic amines) is 1. The molecule has 6 nitrogen and oxygen atoms in total. The molecule has 26 heavy (non-hydrogen) atoms. The van der Waals surface area contributed by atoms with E-state index in [2.05, 4.69) is 27.4 Å². The summed E-state index contributed by atoms with van der Waals surface area (Å²) in [5.74, 6) is 0.978. The summed E-state index contributed by atoms with van der Waals surface area (Å²) in [6.07, 6.45) is 9.17. The van der Waals surface area contributed by atoms with Gasteiger partial charge in [0.2, 0.25) is 0 Å². The van der Waals surface area contributed by atoms with Crippen molar-refractivity contribution in [2.24, 2.45) is 10.4 Å². The lowest BCUT2D eigenvalue weighted by atomic mass is 9.60. The fourth-order valence-electron chi connectivity index (χ4n) is 5.14. The Balaban J connectivity index is 1.47. The van der Waals surface area contributed by atoms with Crippen LogP contribution in [0.1, 0.15) is 51.9 Å². The third-order valence-corrected chi connectivity index (χ3v) is 6.76. The van der Waals surface area contributed by atoms with Crippen LogP contribution in [-0.2, 0) is 9.47 Å². The van der Waals surface area contributed by atoms with Crippen molar-refractivity contribution in [2.75, 3.05) is 47.0 Å². The standard InChI is InChI=1S/C20H38N4O2/c1-4-26-18-15-17(20(18)9-5-6-10-20)23-19(21-2)22-16-7-11-24(12-8-16)13-14-25-3/h16-18H,4-15H2,1-3H3,(H2,21,22,23). The van der Waals surface area contributed by atoms with Crippen LogP contribution in [0.4, 0.5) is 0 Å². The number of nitrogens with one attached hydrogen (secondary N) is 2. The monoisotopic (exact) mass is 366 g/mol. The molecule has 0 aromatic heterocycles. The van der Waals surface area contributed by atoms with Crippen LogP contribution in [0.25, 0.3) is 0 Å². The minimum Gasteiger partial charge on any atom is -0.383 e. The fraction of sp³-hybridized carbons (Fsp3) is 0.950. The van der Waals surface area contributed by atoms with Gasteiger partial charge < -0.3 is 25.0 Å². The third-order valence-electron chi connectivity index (χ3n) is 6.76. The van der Waals surface area contributed by atoms with Gasteiger partial charge in [-0.2, -0.15) is 0 Å². The van der Waals surface area contributed by atoms with E-state index >= 15 is 0 Å². The van der Waals surface area contributed by atoms with Crippen LogP contribution in [-0.4, -0.2) is 76.1 Å². The van der Waals surface area contributed by atoms with Crippen molar-refractivity contribution in [3.63, 3.8) is 0 Å². The van der Waals surface area contributed by atoms with Crippen LogP contribution >= 0.6 is 0 Å². The van der Waals surface area contributed by atoms with E-state index in [1.54, 1.807) is 7.11 Å². The Bertz CT molecular complexity index is 457. The van der Waals surface area contributed by atoms with E-state index in [0.717, 1.165) is 45.2 Å². The number of nitrogens with zero attached hydrogens (tertiary/aromatic N) is 2. The van der Waals surface area contributed by atoms with Gasteiger partial charge in [0, 0.05) is 57.9 Å². The number of aliphatic imine (C=N–C) groups is 1. The van der Waals surface area contributed by atoms with Crippen LogP contribution in [0.15, 0.2) is 4.99 Å². The largest absolute Gasteiger partial charge is 0.383 e. The lowest BCUT2D eigenvalue weighted by Gasteiger charge is -2.54. The molecular weight excluding hydrogens is 328 g/mol. The van der Waals surface area contributed by atoms with Crippen molar-refractivity contribution in [1.29, 1.82) is 0 Å².